The molecule has 1 N–H and O–H groups in total. The molecule has 1 saturated carbocycles. The van der Waals surface area contributed by atoms with E-state index in [4.69, 9.17) is 5.26 Å². The van der Waals surface area contributed by atoms with Crippen molar-refractivity contribution in [3.05, 3.63) is 17.8 Å². The molecular weight excluding hydrogens is 232 g/mol. The van der Waals surface area contributed by atoms with Crippen LogP contribution < -0.4 is 5.32 Å². The molecule has 2 unspecified atom stereocenters. The molecule has 0 aliphatic heterocycles. The van der Waals surface area contributed by atoms with E-state index < -0.39 is 0 Å². The summed E-state index contributed by atoms with van der Waals surface area (Å²) in [4.78, 5) is 0. The Bertz CT molecular complexity index is 415. The van der Waals surface area contributed by atoms with Crippen LogP contribution in [0.2, 0.25) is 0 Å². The van der Waals surface area contributed by atoms with Gasteiger partial charge >= 0.3 is 0 Å². The molecule has 1 fully saturated rings. The predicted octanol–water partition coefficient (Wildman–Crippen LogP) is 2.43. The summed E-state index contributed by atoms with van der Waals surface area (Å²) in [6.07, 6.45) is 5.10. The number of rotatable bonds is 4. The number of thioether (sulfide) groups is 1. The van der Waals surface area contributed by atoms with Crippen molar-refractivity contribution in [3.8, 4) is 6.07 Å². The van der Waals surface area contributed by atoms with Gasteiger partial charge in [-0.15, -0.1) is 5.10 Å². The molecule has 1 aliphatic carbocycles. The van der Waals surface area contributed by atoms with E-state index in [1.54, 1.807) is 12.3 Å². The molecule has 17 heavy (non-hydrogen) atoms. The fraction of sp³-hybridized carbons (Fsp3) is 0.583. The second kappa shape index (κ2) is 5.87. The van der Waals surface area contributed by atoms with Crippen molar-refractivity contribution >= 4 is 17.6 Å². The summed E-state index contributed by atoms with van der Waals surface area (Å²) in [5.74, 6) is 1.80. The molecule has 4 nitrogen and oxygen atoms in total. The molecule has 1 aromatic heterocycles. The quantitative estimate of drug-likeness (QED) is 0.886. The average Bonchev–Trinajstić information content (AvgIpc) is 2.78. The van der Waals surface area contributed by atoms with E-state index in [1.165, 1.54) is 12.2 Å². The van der Waals surface area contributed by atoms with E-state index >= 15 is 0 Å². The van der Waals surface area contributed by atoms with Crippen molar-refractivity contribution in [1.82, 2.24) is 10.2 Å². The molecule has 0 bridgehead atoms. The van der Waals surface area contributed by atoms with Crippen molar-refractivity contribution in [2.45, 2.75) is 37.5 Å². The van der Waals surface area contributed by atoms with Gasteiger partial charge in [0.1, 0.15) is 6.07 Å². The van der Waals surface area contributed by atoms with Gasteiger partial charge in [-0.25, -0.2) is 0 Å². The van der Waals surface area contributed by atoms with Crippen LogP contribution in [0.3, 0.4) is 0 Å². The highest BCUT2D eigenvalue weighted by atomic mass is 32.2. The number of hydrogen-bond donors (Lipinski definition) is 1. The molecule has 1 aromatic rings. The minimum absolute atomic E-state index is 0.433. The van der Waals surface area contributed by atoms with Gasteiger partial charge in [-0.3, -0.25) is 0 Å². The lowest BCUT2D eigenvalue weighted by Gasteiger charge is -2.13. The first kappa shape index (κ1) is 12.2. The van der Waals surface area contributed by atoms with Crippen molar-refractivity contribution in [1.29, 1.82) is 5.26 Å². The number of nitrogens with zero attached hydrogens (tertiary/aromatic N) is 3. The molecular formula is C12H16N4S. The Labute approximate surface area is 106 Å². The zero-order chi connectivity index (χ0) is 12.1. The molecule has 0 saturated heterocycles. The molecule has 90 valence electrons. The van der Waals surface area contributed by atoms with Crippen LogP contribution in [0.4, 0.5) is 5.82 Å². The lowest BCUT2D eigenvalue weighted by atomic mass is 10.2. The second-order valence-corrected chi connectivity index (χ2v) is 5.71. The van der Waals surface area contributed by atoms with Crippen LogP contribution >= 0.6 is 11.8 Å². The van der Waals surface area contributed by atoms with Gasteiger partial charge < -0.3 is 5.32 Å². The van der Waals surface area contributed by atoms with Gasteiger partial charge in [0.05, 0.1) is 11.8 Å². The fourth-order valence-electron chi connectivity index (χ4n) is 2.18. The zero-order valence-corrected chi connectivity index (χ0v) is 10.7. The van der Waals surface area contributed by atoms with Crippen LogP contribution in [0.1, 0.15) is 31.7 Å². The molecule has 0 amide bonds. The topological polar surface area (TPSA) is 61.6 Å². The second-order valence-electron chi connectivity index (χ2n) is 4.14. The maximum absolute atomic E-state index is 8.97. The Hall–Kier alpha value is -1.28. The van der Waals surface area contributed by atoms with E-state index in [9.17, 15) is 0 Å². The normalized spacial score (nSPS) is 23.3. The number of aromatic nitrogens is 2. The van der Waals surface area contributed by atoms with Crippen LogP contribution in [0.15, 0.2) is 12.3 Å². The molecule has 1 aliphatic rings. The van der Waals surface area contributed by atoms with Gasteiger partial charge in [0.25, 0.3) is 0 Å². The van der Waals surface area contributed by atoms with Crippen LogP contribution in [0, 0.1) is 11.3 Å². The summed E-state index contributed by atoms with van der Waals surface area (Å²) >= 11 is 2.02. The van der Waals surface area contributed by atoms with Gasteiger partial charge in [0.15, 0.2) is 5.82 Å². The average molecular weight is 248 g/mol. The molecule has 1 heterocycles. The number of nitrogens with one attached hydrogen (secondary N) is 1. The van der Waals surface area contributed by atoms with E-state index in [-0.39, 0.29) is 0 Å². The Kier molecular flexibility index (Phi) is 4.21. The van der Waals surface area contributed by atoms with E-state index in [2.05, 4.69) is 28.5 Å². The number of nitriles is 1. The number of hydrogen-bond acceptors (Lipinski definition) is 5. The third-order valence-electron chi connectivity index (χ3n) is 2.97. The summed E-state index contributed by atoms with van der Waals surface area (Å²) in [7, 11) is 0. The molecule has 2 atom stereocenters. The highest BCUT2D eigenvalue weighted by Crippen LogP contribution is 2.31. The van der Waals surface area contributed by atoms with Crippen molar-refractivity contribution in [3.63, 3.8) is 0 Å². The predicted molar refractivity (Wildman–Crippen MR) is 69.9 cm³/mol. The third kappa shape index (κ3) is 3.10. The maximum atomic E-state index is 8.97. The first-order valence-corrected chi connectivity index (χ1v) is 6.98. The van der Waals surface area contributed by atoms with Crippen LogP contribution in [0.5, 0.6) is 0 Å². The lowest BCUT2D eigenvalue weighted by molar-refractivity contribution is 0.747. The molecule has 0 spiro atoms. The zero-order valence-electron chi connectivity index (χ0n) is 9.89. The van der Waals surface area contributed by atoms with Crippen LogP contribution in [-0.4, -0.2) is 27.2 Å². The van der Waals surface area contributed by atoms with Crippen molar-refractivity contribution in [2.75, 3.05) is 11.1 Å². The summed E-state index contributed by atoms with van der Waals surface area (Å²) in [5.41, 5.74) is 0.576. The smallest absolute Gasteiger partial charge is 0.166 e. The van der Waals surface area contributed by atoms with E-state index in [0.717, 1.165) is 18.1 Å². The van der Waals surface area contributed by atoms with Crippen molar-refractivity contribution in [2.24, 2.45) is 0 Å². The minimum Gasteiger partial charge on any atom is -0.365 e. The Morgan fingerprint density at radius 1 is 1.59 bits per heavy atom. The maximum Gasteiger partial charge on any atom is 0.166 e. The van der Waals surface area contributed by atoms with E-state index in [1.807, 2.05) is 11.8 Å². The van der Waals surface area contributed by atoms with Crippen molar-refractivity contribution < 1.29 is 0 Å². The van der Waals surface area contributed by atoms with Crippen LogP contribution in [-0.2, 0) is 0 Å². The van der Waals surface area contributed by atoms with Gasteiger partial charge in [-0.05, 0) is 31.1 Å². The Morgan fingerprint density at radius 2 is 2.47 bits per heavy atom. The third-order valence-corrected chi connectivity index (χ3v) is 4.20. The van der Waals surface area contributed by atoms with Gasteiger partial charge in [-0.2, -0.15) is 22.1 Å². The molecule has 2 rings (SSSR count). The van der Waals surface area contributed by atoms with Crippen LogP contribution in [0.25, 0.3) is 0 Å². The summed E-state index contributed by atoms with van der Waals surface area (Å²) in [5, 5.41) is 20.9. The summed E-state index contributed by atoms with van der Waals surface area (Å²) in [6, 6.07) is 4.27. The highest BCUT2D eigenvalue weighted by molar-refractivity contribution is 7.99. The standard InChI is InChI=1S/C12H16N4S/c1-2-17-11-4-3-10(7-11)15-12-9(8-13)5-6-14-16-12/h5-6,10-11H,2-4,7H2,1H3,(H,15,16). The lowest BCUT2D eigenvalue weighted by Crippen LogP contribution is -2.18. The van der Waals surface area contributed by atoms with Gasteiger partial charge in [0, 0.05) is 11.3 Å². The minimum atomic E-state index is 0.433. The van der Waals surface area contributed by atoms with Gasteiger partial charge in [0.2, 0.25) is 0 Å². The fourth-order valence-corrected chi connectivity index (χ4v) is 3.32. The highest BCUT2D eigenvalue weighted by Gasteiger charge is 2.25. The van der Waals surface area contributed by atoms with E-state index in [0.29, 0.717) is 17.4 Å². The molecule has 5 heteroatoms. The SMILES string of the molecule is CCSC1CCC(Nc2nnccc2C#N)C1. The molecule has 0 aromatic carbocycles. The monoisotopic (exact) mass is 248 g/mol. The first-order valence-electron chi connectivity index (χ1n) is 5.93. The Balaban J connectivity index is 1.96. The first-order chi connectivity index (χ1) is 8.33. The summed E-state index contributed by atoms with van der Waals surface area (Å²) < 4.78 is 0. The summed E-state index contributed by atoms with van der Waals surface area (Å²) in [6.45, 7) is 2.20. The van der Waals surface area contributed by atoms with Gasteiger partial charge in [-0.1, -0.05) is 6.92 Å². The largest absolute Gasteiger partial charge is 0.365 e. The Morgan fingerprint density at radius 3 is 3.24 bits per heavy atom. The number of anilines is 1. The molecule has 0 radical (unpaired) electrons.